The molecule has 5 nitrogen and oxygen atoms in total. The van der Waals surface area contributed by atoms with Gasteiger partial charge in [0.25, 0.3) is 0 Å². The van der Waals surface area contributed by atoms with Crippen molar-refractivity contribution in [3.8, 4) is 0 Å². The van der Waals surface area contributed by atoms with E-state index in [0.29, 0.717) is 8.83 Å². The Bertz CT molecular complexity index is 474. The Morgan fingerprint density at radius 1 is 1.50 bits per heavy atom. The van der Waals surface area contributed by atoms with Crippen LogP contribution in [0, 0.1) is 10.9 Å². The average Bonchev–Trinajstić information content (AvgIpc) is 2.53. The Morgan fingerprint density at radius 2 is 2.12 bits per heavy atom. The van der Waals surface area contributed by atoms with Crippen LogP contribution in [0.3, 0.4) is 0 Å². The van der Waals surface area contributed by atoms with Crippen molar-refractivity contribution in [3.05, 3.63) is 14.5 Å². The molecule has 0 aromatic carbocycles. The molecule has 1 aromatic heterocycles. The molecule has 1 aromatic rings. The predicted molar refractivity (Wildman–Crippen MR) is 61.2 cm³/mol. The van der Waals surface area contributed by atoms with Crippen LogP contribution in [0.2, 0.25) is 0 Å². The molecule has 0 aliphatic rings. The molecule has 0 amide bonds. The van der Waals surface area contributed by atoms with Gasteiger partial charge < -0.3 is 14.0 Å². The molecule has 0 atom stereocenters. The lowest BCUT2D eigenvalue weighted by Gasteiger charge is -2.02. The first-order chi connectivity index (χ1) is 7.47. The van der Waals surface area contributed by atoms with Crippen LogP contribution in [-0.2, 0) is 21.3 Å². The number of esters is 2. The van der Waals surface area contributed by atoms with Gasteiger partial charge in [0.1, 0.15) is 4.88 Å². The molecule has 0 saturated heterocycles. The third-order valence-electron chi connectivity index (χ3n) is 2.03. The second-order valence-electron chi connectivity index (χ2n) is 2.99. The highest BCUT2D eigenvalue weighted by atomic mass is 32.1. The Kier molecular flexibility index (Phi) is 4.19. The van der Waals surface area contributed by atoms with Gasteiger partial charge in [0, 0.05) is 12.7 Å². The first-order valence-electron chi connectivity index (χ1n) is 4.37. The van der Waals surface area contributed by atoms with Gasteiger partial charge in [0.15, 0.2) is 10.6 Å². The number of rotatable bonds is 3. The van der Waals surface area contributed by atoms with Crippen LogP contribution >= 0.6 is 23.6 Å². The van der Waals surface area contributed by atoms with E-state index in [1.165, 1.54) is 7.11 Å². The first kappa shape index (κ1) is 12.9. The van der Waals surface area contributed by atoms with Crippen molar-refractivity contribution in [1.82, 2.24) is 4.57 Å². The first-order valence-corrected chi connectivity index (χ1v) is 5.60. The van der Waals surface area contributed by atoms with Crippen molar-refractivity contribution in [2.75, 3.05) is 13.7 Å². The fraction of sp³-hybridized carbons (Fsp3) is 0.444. The molecular formula is C9H11NO4S2. The number of carbonyl (C=O) groups is 2. The van der Waals surface area contributed by atoms with Gasteiger partial charge in [0.05, 0.1) is 7.11 Å². The summed E-state index contributed by atoms with van der Waals surface area (Å²) in [7, 11) is 3.00. The van der Waals surface area contributed by atoms with Gasteiger partial charge in [0.2, 0.25) is 0 Å². The van der Waals surface area contributed by atoms with E-state index in [1.54, 1.807) is 18.5 Å². The molecule has 0 bridgehead atoms. The van der Waals surface area contributed by atoms with Crippen LogP contribution in [0.25, 0.3) is 0 Å². The summed E-state index contributed by atoms with van der Waals surface area (Å²) in [6.45, 7) is 1.38. The summed E-state index contributed by atoms with van der Waals surface area (Å²) in [5.41, 5.74) is 0.727. The molecule has 0 aliphatic carbocycles. The summed E-state index contributed by atoms with van der Waals surface area (Å²) in [6, 6.07) is 0. The number of ether oxygens (including phenoxy) is 2. The predicted octanol–water partition coefficient (Wildman–Crippen LogP) is 1.45. The fourth-order valence-corrected chi connectivity index (χ4v) is 2.22. The zero-order chi connectivity index (χ0) is 12.3. The molecule has 7 heteroatoms. The molecule has 0 radical (unpaired) electrons. The summed E-state index contributed by atoms with van der Waals surface area (Å²) < 4.78 is 11.4. The monoisotopic (exact) mass is 261 g/mol. The maximum atomic E-state index is 11.6. The topological polar surface area (TPSA) is 57.5 Å². The number of hydrogen-bond donors (Lipinski definition) is 0. The SMILES string of the molecule is COC(=O)COC(=O)c1sc(=S)n(C)c1C. The Morgan fingerprint density at radius 3 is 2.56 bits per heavy atom. The van der Waals surface area contributed by atoms with E-state index in [9.17, 15) is 9.59 Å². The lowest BCUT2D eigenvalue weighted by molar-refractivity contribution is -0.144. The zero-order valence-electron chi connectivity index (χ0n) is 9.10. The number of thiazole rings is 1. The summed E-state index contributed by atoms with van der Waals surface area (Å²) in [5.74, 6) is -1.15. The summed E-state index contributed by atoms with van der Waals surface area (Å²) in [6.07, 6.45) is 0. The molecule has 0 unspecified atom stereocenters. The van der Waals surface area contributed by atoms with Crippen molar-refractivity contribution >= 4 is 35.5 Å². The fourth-order valence-electron chi connectivity index (χ4n) is 0.957. The third-order valence-corrected chi connectivity index (χ3v) is 3.67. The van der Waals surface area contributed by atoms with E-state index in [-0.39, 0.29) is 6.61 Å². The highest BCUT2D eigenvalue weighted by Crippen LogP contribution is 2.18. The van der Waals surface area contributed by atoms with Crippen molar-refractivity contribution in [2.24, 2.45) is 7.05 Å². The molecule has 1 heterocycles. The van der Waals surface area contributed by atoms with Crippen molar-refractivity contribution in [1.29, 1.82) is 0 Å². The van der Waals surface area contributed by atoms with Crippen LogP contribution in [0.4, 0.5) is 0 Å². The second-order valence-corrected chi connectivity index (χ2v) is 4.64. The lowest BCUT2D eigenvalue weighted by atomic mass is 10.4. The van der Waals surface area contributed by atoms with Crippen LogP contribution in [-0.4, -0.2) is 30.2 Å². The average molecular weight is 261 g/mol. The number of aromatic nitrogens is 1. The highest BCUT2D eigenvalue weighted by molar-refractivity contribution is 7.73. The minimum Gasteiger partial charge on any atom is -0.466 e. The maximum Gasteiger partial charge on any atom is 0.350 e. The van der Waals surface area contributed by atoms with E-state index in [2.05, 4.69) is 4.74 Å². The minimum atomic E-state index is -0.592. The maximum absolute atomic E-state index is 11.6. The van der Waals surface area contributed by atoms with Crippen molar-refractivity contribution < 1.29 is 19.1 Å². The highest BCUT2D eigenvalue weighted by Gasteiger charge is 2.17. The van der Waals surface area contributed by atoms with E-state index < -0.39 is 11.9 Å². The molecule has 0 N–H and O–H groups in total. The van der Waals surface area contributed by atoms with Gasteiger partial charge >= 0.3 is 11.9 Å². The molecule has 0 saturated carbocycles. The molecule has 0 fully saturated rings. The summed E-state index contributed by atoms with van der Waals surface area (Å²) in [4.78, 5) is 22.8. The Hall–Kier alpha value is -1.21. The van der Waals surface area contributed by atoms with Crippen LogP contribution < -0.4 is 0 Å². The van der Waals surface area contributed by atoms with Gasteiger partial charge in [-0.1, -0.05) is 11.3 Å². The number of nitrogens with zero attached hydrogens (tertiary/aromatic N) is 1. The van der Waals surface area contributed by atoms with E-state index in [0.717, 1.165) is 17.0 Å². The summed E-state index contributed by atoms with van der Waals surface area (Å²) >= 11 is 6.18. The van der Waals surface area contributed by atoms with E-state index in [4.69, 9.17) is 17.0 Å². The molecule has 0 spiro atoms. The third kappa shape index (κ3) is 2.67. The van der Waals surface area contributed by atoms with Crippen molar-refractivity contribution in [2.45, 2.75) is 6.92 Å². The normalized spacial score (nSPS) is 9.94. The quantitative estimate of drug-likeness (QED) is 0.609. The van der Waals surface area contributed by atoms with Gasteiger partial charge in [-0.15, -0.1) is 0 Å². The number of carbonyl (C=O) groups excluding carboxylic acids is 2. The second kappa shape index (κ2) is 5.22. The molecule has 1 rings (SSSR count). The van der Waals surface area contributed by atoms with Crippen LogP contribution in [0.5, 0.6) is 0 Å². The summed E-state index contributed by atoms with van der Waals surface area (Å²) in [5, 5.41) is 0. The Balaban J connectivity index is 2.78. The standard InChI is InChI=1S/C9H11NO4S2/c1-5-7(16-9(15)10(5)2)8(12)14-4-6(11)13-3/h4H2,1-3H3. The smallest absolute Gasteiger partial charge is 0.350 e. The van der Waals surface area contributed by atoms with Crippen LogP contribution in [0.15, 0.2) is 0 Å². The van der Waals surface area contributed by atoms with Gasteiger partial charge in [-0.3, -0.25) is 0 Å². The minimum absolute atomic E-state index is 0.386. The van der Waals surface area contributed by atoms with Gasteiger partial charge in [-0.05, 0) is 19.1 Å². The Labute approximate surface area is 102 Å². The van der Waals surface area contributed by atoms with Gasteiger partial charge in [-0.25, -0.2) is 9.59 Å². The number of hydrogen-bond acceptors (Lipinski definition) is 6. The lowest BCUT2D eigenvalue weighted by Crippen LogP contribution is -2.15. The molecule has 88 valence electrons. The largest absolute Gasteiger partial charge is 0.466 e. The van der Waals surface area contributed by atoms with Crippen LogP contribution in [0.1, 0.15) is 15.4 Å². The van der Waals surface area contributed by atoms with E-state index in [1.807, 2.05) is 0 Å². The molecule has 16 heavy (non-hydrogen) atoms. The number of methoxy groups -OCH3 is 1. The van der Waals surface area contributed by atoms with Crippen molar-refractivity contribution in [3.63, 3.8) is 0 Å². The van der Waals surface area contributed by atoms with E-state index >= 15 is 0 Å². The van der Waals surface area contributed by atoms with Gasteiger partial charge in [-0.2, -0.15) is 0 Å². The molecule has 0 aliphatic heterocycles. The molecular weight excluding hydrogens is 250 g/mol. The zero-order valence-corrected chi connectivity index (χ0v) is 10.7.